The normalized spacial score (nSPS) is 4.00. The fraction of sp³-hybridized carbons (Fsp3) is 0. The molecule has 0 aromatic heterocycles. The highest BCUT2D eigenvalue weighted by Gasteiger charge is 1.60. The number of primary amides is 2. The lowest BCUT2D eigenvalue weighted by Gasteiger charge is -1.62. The molecule has 41 valence electrons. The van der Waals surface area contributed by atoms with Crippen LogP contribution in [0.25, 0.3) is 0 Å². The Morgan fingerprint density at radius 1 is 1.29 bits per heavy atom. The van der Waals surface area contributed by atoms with Gasteiger partial charge >= 0.3 is 6.03 Å². The second-order valence-electron chi connectivity index (χ2n) is 0.402. The molecule has 7 heavy (non-hydrogen) atoms. The van der Waals surface area contributed by atoms with Crippen molar-refractivity contribution in [2.45, 2.75) is 0 Å². The Bertz CT molecular complexity index is 45.0. The van der Waals surface area contributed by atoms with Gasteiger partial charge in [0.2, 0.25) is 0 Å². The molecule has 0 unspecified atom stereocenters. The lowest BCUT2D eigenvalue weighted by molar-refractivity contribution is -0.0979. The summed E-state index contributed by atoms with van der Waals surface area (Å²) in [6.07, 6.45) is 0. The van der Waals surface area contributed by atoms with Crippen LogP contribution in [-0.2, 0) is 4.79 Å². The van der Waals surface area contributed by atoms with Crippen LogP contribution in [0.1, 0.15) is 0 Å². The van der Waals surface area contributed by atoms with Crippen molar-refractivity contribution in [1.29, 1.82) is 0 Å². The molecule has 0 aromatic rings. The lowest BCUT2D eigenvalue weighted by atomic mass is 11.2. The van der Waals surface area contributed by atoms with Crippen LogP contribution in [0, 0.1) is 0 Å². The molecule has 0 aliphatic carbocycles. The van der Waals surface area contributed by atoms with E-state index in [2.05, 4.69) is 11.5 Å². The Kier molecular flexibility index (Phi) is 42.2. The highest BCUT2D eigenvalue weighted by atomic mass is 31.0. The predicted molar refractivity (Wildman–Crippen MR) is 27.8 cm³/mol. The second kappa shape index (κ2) is 18.3. The molecule has 2 amide bonds. The van der Waals surface area contributed by atoms with Gasteiger partial charge in [-0.05, 0) is 0 Å². The fourth-order valence-corrected chi connectivity index (χ4v) is 0. The van der Waals surface area contributed by atoms with Gasteiger partial charge in [-0.1, -0.05) is 0 Å². The van der Waals surface area contributed by atoms with E-state index in [4.69, 9.17) is 9.59 Å². The SMILES string of the molecule is C=O.NC(N)=O.[P]. The van der Waals surface area contributed by atoms with Crippen molar-refractivity contribution in [2.24, 2.45) is 11.5 Å². The van der Waals surface area contributed by atoms with Crippen molar-refractivity contribution < 1.29 is 9.59 Å². The van der Waals surface area contributed by atoms with Crippen molar-refractivity contribution in [3.63, 3.8) is 0 Å². The van der Waals surface area contributed by atoms with Gasteiger partial charge in [0, 0.05) is 9.90 Å². The number of amides is 2. The molecular formula is C2H6N2O2P. The Labute approximate surface area is 44.9 Å². The van der Waals surface area contributed by atoms with E-state index >= 15 is 0 Å². The van der Waals surface area contributed by atoms with Crippen molar-refractivity contribution in [3.8, 4) is 0 Å². The highest BCUT2D eigenvalue weighted by Crippen LogP contribution is 1.25. The van der Waals surface area contributed by atoms with Gasteiger partial charge in [0.05, 0.1) is 0 Å². The molecule has 0 fully saturated rings. The fourth-order valence-electron chi connectivity index (χ4n) is 0. The first-order chi connectivity index (χ1) is 2.73. The summed E-state index contributed by atoms with van der Waals surface area (Å²) < 4.78 is 0. The third-order valence-corrected chi connectivity index (χ3v) is 0. The zero-order chi connectivity index (χ0) is 5.58. The number of hydrogen-bond acceptors (Lipinski definition) is 2. The van der Waals surface area contributed by atoms with Crippen LogP contribution in [0.2, 0.25) is 0 Å². The number of urea groups is 1. The molecule has 0 aliphatic heterocycles. The molecule has 5 heteroatoms. The Balaban J connectivity index is -0.0000000480. The summed E-state index contributed by atoms with van der Waals surface area (Å²) in [5.74, 6) is 0. The van der Waals surface area contributed by atoms with Gasteiger partial charge in [0.25, 0.3) is 0 Å². The van der Waals surface area contributed by atoms with Crippen molar-refractivity contribution in [3.05, 3.63) is 0 Å². The summed E-state index contributed by atoms with van der Waals surface area (Å²) in [5, 5.41) is 0. The first-order valence-corrected chi connectivity index (χ1v) is 1.07. The zero-order valence-corrected chi connectivity index (χ0v) is 4.52. The van der Waals surface area contributed by atoms with Gasteiger partial charge in [-0.3, -0.25) is 0 Å². The maximum atomic E-state index is 9.00. The number of nitrogens with two attached hydrogens (primary N) is 2. The number of carbonyl (C=O) groups is 2. The van der Waals surface area contributed by atoms with E-state index in [1.54, 1.807) is 0 Å². The smallest absolute Gasteiger partial charge is 0.309 e. The van der Waals surface area contributed by atoms with Gasteiger partial charge in [-0.2, -0.15) is 0 Å². The Morgan fingerprint density at radius 3 is 1.29 bits per heavy atom. The largest absolute Gasteiger partial charge is 0.352 e. The summed E-state index contributed by atoms with van der Waals surface area (Å²) >= 11 is 0. The van der Waals surface area contributed by atoms with Gasteiger partial charge in [-0.25, -0.2) is 4.79 Å². The number of carbonyl (C=O) groups excluding carboxylic acids is 2. The predicted octanol–water partition coefficient (Wildman–Crippen LogP) is -0.300. The van der Waals surface area contributed by atoms with Crippen LogP contribution >= 0.6 is 9.90 Å². The molecule has 3 radical (unpaired) electrons. The third kappa shape index (κ3) is 154. The third-order valence-electron chi connectivity index (χ3n) is 0. The van der Waals surface area contributed by atoms with Gasteiger partial charge in [-0.15, -0.1) is 0 Å². The van der Waals surface area contributed by atoms with Crippen molar-refractivity contribution in [2.75, 3.05) is 0 Å². The Hall–Kier alpha value is -0.630. The molecule has 0 aliphatic rings. The van der Waals surface area contributed by atoms with E-state index in [0.29, 0.717) is 0 Å². The van der Waals surface area contributed by atoms with Gasteiger partial charge < -0.3 is 16.3 Å². The van der Waals surface area contributed by atoms with E-state index < -0.39 is 6.03 Å². The molecule has 0 bridgehead atoms. The standard InChI is InChI=1S/CH4N2O.CH2O.P/c2-1(3)4;1-2;/h(H4,2,3,4);1H2;. The maximum Gasteiger partial charge on any atom is 0.309 e. The van der Waals surface area contributed by atoms with Crippen LogP contribution in [0.15, 0.2) is 0 Å². The molecule has 0 atom stereocenters. The Morgan fingerprint density at radius 2 is 1.29 bits per heavy atom. The van der Waals surface area contributed by atoms with Crippen LogP contribution in [0.3, 0.4) is 0 Å². The van der Waals surface area contributed by atoms with Gasteiger partial charge in [0.1, 0.15) is 6.79 Å². The molecule has 4 nitrogen and oxygen atoms in total. The summed E-state index contributed by atoms with van der Waals surface area (Å²) in [5.41, 5.74) is 8.50. The second-order valence-corrected chi connectivity index (χ2v) is 0.402. The zero-order valence-electron chi connectivity index (χ0n) is 3.63. The first-order valence-electron chi connectivity index (χ1n) is 1.07. The summed E-state index contributed by atoms with van der Waals surface area (Å²) in [7, 11) is 0. The van der Waals surface area contributed by atoms with Crippen LogP contribution < -0.4 is 11.5 Å². The summed E-state index contributed by atoms with van der Waals surface area (Å²) in [4.78, 5) is 17.0. The average Bonchev–Trinajstić information content (AvgIpc) is 1.41. The molecule has 0 heterocycles. The molecule has 0 rings (SSSR count). The van der Waals surface area contributed by atoms with E-state index in [1.165, 1.54) is 0 Å². The summed E-state index contributed by atoms with van der Waals surface area (Å²) in [6, 6.07) is -0.833. The monoisotopic (exact) mass is 121 g/mol. The number of hydrogen-bond donors (Lipinski definition) is 2. The molecule has 4 N–H and O–H groups in total. The minimum Gasteiger partial charge on any atom is -0.352 e. The number of rotatable bonds is 0. The lowest BCUT2D eigenvalue weighted by Crippen LogP contribution is -2.18. The molecular weight excluding hydrogens is 115 g/mol. The first kappa shape index (κ1) is 16.2. The minimum absolute atomic E-state index is 0. The molecule has 0 saturated carbocycles. The molecule has 0 aromatic carbocycles. The van der Waals surface area contributed by atoms with E-state index in [9.17, 15) is 0 Å². The van der Waals surface area contributed by atoms with Crippen molar-refractivity contribution >= 4 is 22.7 Å². The van der Waals surface area contributed by atoms with E-state index in [-0.39, 0.29) is 9.90 Å². The molecule has 0 spiro atoms. The van der Waals surface area contributed by atoms with Gasteiger partial charge in [0.15, 0.2) is 0 Å². The highest BCUT2D eigenvalue weighted by molar-refractivity contribution is 6.92. The summed E-state index contributed by atoms with van der Waals surface area (Å²) in [6.45, 7) is 2.00. The van der Waals surface area contributed by atoms with Crippen molar-refractivity contribution in [1.82, 2.24) is 0 Å². The molecule has 0 saturated heterocycles. The topological polar surface area (TPSA) is 86.2 Å². The average molecular weight is 121 g/mol. The minimum atomic E-state index is -0.833. The maximum absolute atomic E-state index is 9.00. The van der Waals surface area contributed by atoms with E-state index in [1.807, 2.05) is 6.79 Å². The van der Waals surface area contributed by atoms with Crippen LogP contribution in [-0.4, -0.2) is 12.8 Å². The van der Waals surface area contributed by atoms with Crippen LogP contribution in [0.5, 0.6) is 0 Å². The van der Waals surface area contributed by atoms with E-state index in [0.717, 1.165) is 0 Å². The van der Waals surface area contributed by atoms with Crippen LogP contribution in [0.4, 0.5) is 4.79 Å². The quantitative estimate of drug-likeness (QED) is 0.431.